The number of hydrogen-bond acceptors (Lipinski definition) is 5. The van der Waals surface area contributed by atoms with Crippen LogP contribution in [0.2, 0.25) is 0 Å². The molecule has 2 aromatic rings. The van der Waals surface area contributed by atoms with Crippen molar-refractivity contribution in [3.63, 3.8) is 0 Å². The van der Waals surface area contributed by atoms with Gasteiger partial charge in [-0.3, -0.25) is 4.79 Å². The number of aromatic nitrogens is 2. The maximum atomic E-state index is 13.0. The van der Waals surface area contributed by atoms with Crippen LogP contribution in [0, 0.1) is 0 Å². The molecule has 28 heavy (non-hydrogen) atoms. The van der Waals surface area contributed by atoms with Gasteiger partial charge in [-0.1, -0.05) is 6.07 Å². The highest BCUT2D eigenvalue weighted by molar-refractivity contribution is 5.94. The summed E-state index contributed by atoms with van der Waals surface area (Å²) < 4.78 is 0. The van der Waals surface area contributed by atoms with E-state index in [4.69, 9.17) is 10.7 Å². The van der Waals surface area contributed by atoms with Crippen molar-refractivity contribution in [2.75, 3.05) is 19.6 Å². The second-order valence-corrected chi connectivity index (χ2v) is 8.35. The number of benzene rings is 1. The number of piperidine rings is 1. The number of likely N-dealkylation sites (tertiary alicyclic amines) is 1. The molecule has 6 heteroatoms. The van der Waals surface area contributed by atoms with Crippen LogP contribution in [-0.4, -0.2) is 46.5 Å². The molecule has 0 radical (unpaired) electrons. The Bertz CT molecular complexity index is 904. The number of amides is 1. The minimum atomic E-state index is 0.138. The molecule has 1 saturated heterocycles. The Labute approximate surface area is 165 Å². The Morgan fingerprint density at radius 2 is 1.96 bits per heavy atom. The van der Waals surface area contributed by atoms with Crippen LogP contribution >= 0.6 is 0 Å². The summed E-state index contributed by atoms with van der Waals surface area (Å²) in [6.45, 7) is 3.39. The highest BCUT2D eigenvalue weighted by Crippen LogP contribution is 2.28. The number of fused-ring (bicyclic) bond motifs is 2. The van der Waals surface area contributed by atoms with Crippen LogP contribution in [0.1, 0.15) is 57.3 Å². The van der Waals surface area contributed by atoms with Gasteiger partial charge in [-0.15, -0.1) is 0 Å². The van der Waals surface area contributed by atoms with Crippen molar-refractivity contribution in [3.05, 3.63) is 58.2 Å². The standard InChI is InChI=1S/C22H27N5O/c23-19-10-15-1-2-16(9-17(15)11-19)22(28)27-7-4-14(5-8-27)21-25-13-18-12-24-6-3-20(18)26-21/h1-2,9,13-14,19,24H,3-8,10-12,23H2. The molecule has 1 amide bonds. The summed E-state index contributed by atoms with van der Waals surface area (Å²) in [5.41, 5.74) is 11.8. The molecule has 146 valence electrons. The second kappa shape index (κ2) is 7.26. The molecule has 1 aromatic carbocycles. The number of rotatable bonds is 2. The molecular formula is C22H27N5O. The fourth-order valence-electron chi connectivity index (χ4n) is 4.76. The SMILES string of the molecule is NC1Cc2ccc(C(=O)N3CCC(c4ncc5c(n4)CCNC5)CC3)cc2C1. The van der Waals surface area contributed by atoms with Gasteiger partial charge in [0.05, 0.1) is 0 Å². The lowest BCUT2D eigenvalue weighted by Gasteiger charge is -2.32. The predicted octanol–water partition coefficient (Wildman–Crippen LogP) is 1.57. The van der Waals surface area contributed by atoms with Gasteiger partial charge in [0.1, 0.15) is 5.82 Å². The third-order valence-electron chi connectivity index (χ3n) is 6.39. The van der Waals surface area contributed by atoms with Crippen molar-refractivity contribution < 1.29 is 4.79 Å². The molecule has 1 aliphatic carbocycles. The maximum Gasteiger partial charge on any atom is 0.253 e. The van der Waals surface area contributed by atoms with E-state index in [-0.39, 0.29) is 11.9 Å². The van der Waals surface area contributed by atoms with Crippen LogP contribution in [-0.2, 0) is 25.8 Å². The van der Waals surface area contributed by atoms with Crippen LogP contribution in [0.5, 0.6) is 0 Å². The average Bonchev–Trinajstić information content (AvgIpc) is 3.12. The Balaban J connectivity index is 1.25. The van der Waals surface area contributed by atoms with Gasteiger partial charge in [0, 0.05) is 67.6 Å². The van der Waals surface area contributed by atoms with E-state index < -0.39 is 0 Å². The molecule has 0 bridgehead atoms. The third kappa shape index (κ3) is 3.31. The number of nitrogens with one attached hydrogen (secondary N) is 1. The molecule has 1 unspecified atom stereocenters. The zero-order chi connectivity index (χ0) is 19.1. The van der Waals surface area contributed by atoms with Crippen molar-refractivity contribution >= 4 is 5.91 Å². The van der Waals surface area contributed by atoms with E-state index in [2.05, 4.69) is 22.4 Å². The molecule has 6 nitrogen and oxygen atoms in total. The Hall–Kier alpha value is -2.31. The van der Waals surface area contributed by atoms with Crippen molar-refractivity contribution in [2.24, 2.45) is 5.73 Å². The van der Waals surface area contributed by atoms with E-state index >= 15 is 0 Å². The highest BCUT2D eigenvalue weighted by Gasteiger charge is 2.28. The van der Waals surface area contributed by atoms with E-state index in [9.17, 15) is 4.79 Å². The summed E-state index contributed by atoms with van der Waals surface area (Å²) in [6, 6.07) is 6.30. The lowest BCUT2D eigenvalue weighted by Crippen LogP contribution is -2.38. The molecule has 2 aliphatic heterocycles. The highest BCUT2D eigenvalue weighted by atomic mass is 16.2. The lowest BCUT2D eigenvalue weighted by molar-refractivity contribution is 0.0711. The first-order chi connectivity index (χ1) is 13.7. The van der Waals surface area contributed by atoms with Crippen molar-refractivity contribution in [1.82, 2.24) is 20.2 Å². The van der Waals surface area contributed by atoms with Gasteiger partial charge in [0.15, 0.2) is 0 Å². The van der Waals surface area contributed by atoms with E-state index in [1.54, 1.807) is 0 Å². The van der Waals surface area contributed by atoms with Crippen LogP contribution in [0.4, 0.5) is 0 Å². The van der Waals surface area contributed by atoms with E-state index in [0.29, 0.717) is 5.92 Å². The molecule has 0 spiro atoms. The van der Waals surface area contributed by atoms with Gasteiger partial charge < -0.3 is 16.0 Å². The number of carbonyl (C=O) groups excluding carboxylic acids is 1. The number of nitrogens with zero attached hydrogens (tertiary/aromatic N) is 3. The Kier molecular flexibility index (Phi) is 4.61. The van der Waals surface area contributed by atoms with Gasteiger partial charge in [-0.2, -0.15) is 0 Å². The average molecular weight is 377 g/mol. The normalized spacial score (nSPS) is 22.0. The topological polar surface area (TPSA) is 84.1 Å². The molecule has 5 rings (SSSR count). The zero-order valence-corrected chi connectivity index (χ0v) is 16.2. The third-order valence-corrected chi connectivity index (χ3v) is 6.39. The lowest BCUT2D eigenvalue weighted by atomic mass is 9.94. The van der Waals surface area contributed by atoms with Crippen molar-refractivity contribution in [2.45, 2.75) is 50.6 Å². The van der Waals surface area contributed by atoms with Crippen LogP contribution in [0.25, 0.3) is 0 Å². The fraction of sp³-hybridized carbons (Fsp3) is 0.500. The largest absolute Gasteiger partial charge is 0.339 e. The van der Waals surface area contributed by atoms with E-state index in [1.807, 2.05) is 17.2 Å². The van der Waals surface area contributed by atoms with Crippen molar-refractivity contribution in [1.29, 1.82) is 0 Å². The van der Waals surface area contributed by atoms with E-state index in [0.717, 1.165) is 69.7 Å². The summed E-state index contributed by atoms with van der Waals surface area (Å²) in [6.07, 6.45) is 6.62. The minimum Gasteiger partial charge on any atom is -0.339 e. The first kappa shape index (κ1) is 17.8. The summed E-state index contributed by atoms with van der Waals surface area (Å²) in [5.74, 6) is 1.45. The Morgan fingerprint density at radius 1 is 1.14 bits per heavy atom. The van der Waals surface area contributed by atoms with E-state index in [1.165, 1.54) is 22.4 Å². The smallest absolute Gasteiger partial charge is 0.253 e. The summed E-state index contributed by atoms with van der Waals surface area (Å²) in [7, 11) is 0. The molecule has 3 N–H and O–H groups in total. The van der Waals surface area contributed by atoms with Crippen LogP contribution in [0.3, 0.4) is 0 Å². The summed E-state index contributed by atoms with van der Waals surface area (Å²) in [5, 5.41) is 3.36. The zero-order valence-electron chi connectivity index (χ0n) is 16.2. The van der Waals surface area contributed by atoms with Gasteiger partial charge in [0.2, 0.25) is 0 Å². The fourth-order valence-corrected chi connectivity index (χ4v) is 4.76. The molecule has 3 heterocycles. The molecule has 3 aliphatic rings. The van der Waals surface area contributed by atoms with Gasteiger partial charge in [-0.25, -0.2) is 9.97 Å². The second-order valence-electron chi connectivity index (χ2n) is 8.35. The monoisotopic (exact) mass is 377 g/mol. The van der Waals surface area contributed by atoms with Crippen LogP contribution in [0.15, 0.2) is 24.4 Å². The van der Waals surface area contributed by atoms with Gasteiger partial charge in [0.25, 0.3) is 5.91 Å². The van der Waals surface area contributed by atoms with Gasteiger partial charge >= 0.3 is 0 Å². The first-order valence-electron chi connectivity index (χ1n) is 10.4. The predicted molar refractivity (Wildman–Crippen MR) is 107 cm³/mol. The molecule has 1 aromatic heterocycles. The number of carbonyl (C=O) groups is 1. The quantitative estimate of drug-likeness (QED) is 0.830. The Morgan fingerprint density at radius 3 is 2.82 bits per heavy atom. The van der Waals surface area contributed by atoms with Gasteiger partial charge in [-0.05, 0) is 48.9 Å². The first-order valence-corrected chi connectivity index (χ1v) is 10.4. The number of hydrogen-bond donors (Lipinski definition) is 2. The van der Waals surface area contributed by atoms with Crippen LogP contribution < -0.4 is 11.1 Å². The summed E-state index contributed by atoms with van der Waals surface area (Å²) in [4.78, 5) is 24.4. The molecule has 1 fully saturated rings. The molecular weight excluding hydrogens is 350 g/mol. The number of nitrogens with two attached hydrogens (primary N) is 1. The summed E-state index contributed by atoms with van der Waals surface area (Å²) >= 11 is 0. The molecule has 1 atom stereocenters. The van der Waals surface area contributed by atoms with Crippen molar-refractivity contribution in [3.8, 4) is 0 Å². The maximum absolute atomic E-state index is 13.0. The molecule has 0 saturated carbocycles. The minimum absolute atomic E-state index is 0.138.